The Morgan fingerprint density at radius 1 is 0.656 bits per heavy atom. The highest BCUT2D eigenvalue weighted by Crippen LogP contribution is 2.26. The van der Waals surface area contributed by atoms with Gasteiger partial charge in [0.05, 0.1) is 26.2 Å². The van der Waals surface area contributed by atoms with Gasteiger partial charge in [0.25, 0.3) is 0 Å². The molecule has 0 rings (SSSR count). The highest BCUT2D eigenvalue weighted by Gasteiger charge is 2.31. The molecule has 0 radical (unpaired) electrons. The molecule has 0 aromatic rings. The van der Waals surface area contributed by atoms with E-state index in [1.807, 2.05) is 0 Å². The first-order valence-electron chi connectivity index (χ1n) is 10.5. The highest BCUT2D eigenvalue weighted by molar-refractivity contribution is 5.97. The number of carbonyl (C=O) groups is 5. The molecule has 0 bridgehead atoms. The second kappa shape index (κ2) is 16.6. The van der Waals surface area contributed by atoms with Crippen molar-refractivity contribution in [2.75, 3.05) is 41.0 Å². The lowest BCUT2D eigenvalue weighted by Crippen LogP contribution is -2.49. The molecule has 0 aromatic heterocycles. The van der Waals surface area contributed by atoms with Crippen molar-refractivity contribution >= 4 is 30.0 Å². The van der Waals surface area contributed by atoms with Crippen molar-refractivity contribution in [1.82, 2.24) is 21.3 Å². The molecule has 4 N–H and O–H groups in total. The van der Waals surface area contributed by atoms with Crippen molar-refractivity contribution in [2.45, 2.75) is 57.4 Å². The molecular weight excluding hydrogens is 424 g/mol. The predicted molar refractivity (Wildman–Crippen MR) is 115 cm³/mol. The summed E-state index contributed by atoms with van der Waals surface area (Å²) in [5.41, 5.74) is -0.767. The molecule has 4 amide bonds. The molecule has 0 heterocycles. The van der Waals surface area contributed by atoms with Crippen LogP contribution < -0.4 is 21.3 Å². The van der Waals surface area contributed by atoms with Crippen LogP contribution in [0.5, 0.6) is 0 Å². The van der Waals surface area contributed by atoms with E-state index in [1.165, 1.54) is 28.1 Å². The van der Waals surface area contributed by atoms with Gasteiger partial charge in [-0.15, -0.1) is 0 Å². The van der Waals surface area contributed by atoms with E-state index in [0.29, 0.717) is 38.5 Å². The Kier molecular flexibility index (Phi) is 15.0. The van der Waals surface area contributed by atoms with Crippen LogP contribution in [0.2, 0.25) is 0 Å². The van der Waals surface area contributed by atoms with E-state index in [-0.39, 0.29) is 32.0 Å². The number of Topliss-reactive ketones (excluding diaryl/α,β-unsaturated/α-hetero) is 1. The van der Waals surface area contributed by atoms with Crippen molar-refractivity contribution in [2.24, 2.45) is 0 Å². The minimum atomic E-state index is -0.767. The third kappa shape index (κ3) is 14.0. The number of nitrogens with one attached hydrogen (secondary N) is 4. The number of rotatable bonds is 15. The molecule has 0 saturated heterocycles. The number of hydrogen-bond acceptors (Lipinski definition) is 8. The summed E-state index contributed by atoms with van der Waals surface area (Å²) in [4.78, 5) is 57.7. The van der Waals surface area contributed by atoms with Crippen LogP contribution in [0.4, 0.5) is 14.4 Å². The normalized spacial score (nSPS) is 10.5. The summed E-state index contributed by atoms with van der Waals surface area (Å²) in [6.45, 7) is 1.72. The Balaban J connectivity index is 5.24. The maximum atomic E-state index is 12.4. The maximum absolute atomic E-state index is 12.4. The fourth-order valence-corrected chi connectivity index (χ4v) is 3.07. The molecule has 0 spiro atoms. The van der Waals surface area contributed by atoms with Gasteiger partial charge in [-0.3, -0.25) is 9.59 Å². The molecule has 12 heteroatoms. The Morgan fingerprint density at radius 3 is 1.28 bits per heavy atom. The van der Waals surface area contributed by atoms with Crippen LogP contribution in [0, 0.1) is 0 Å². The predicted octanol–water partition coefficient (Wildman–Crippen LogP) is 1.23. The van der Waals surface area contributed by atoms with Crippen molar-refractivity contribution in [1.29, 1.82) is 0 Å². The number of ether oxygens (including phenoxy) is 3. The Labute approximate surface area is 188 Å². The largest absolute Gasteiger partial charge is 0.450 e. The zero-order chi connectivity index (χ0) is 24.4. The molecule has 184 valence electrons. The van der Waals surface area contributed by atoms with Gasteiger partial charge in [0.2, 0.25) is 5.91 Å². The highest BCUT2D eigenvalue weighted by atomic mass is 16.6. The van der Waals surface area contributed by atoms with E-state index in [9.17, 15) is 24.0 Å². The van der Waals surface area contributed by atoms with E-state index in [1.54, 1.807) is 0 Å². The van der Waals surface area contributed by atoms with Crippen molar-refractivity contribution in [3.63, 3.8) is 0 Å². The summed E-state index contributed by atoms with van der Waals surface area (Å²) in [7, 11) is 4.36. The van der Waals surface area contributed by atoms with Gasteiger partial charge in [0, 0.05) is 26.7 Å². The fraction of sp³-hybridized carbons (Fsp3) is 0.750. The summed E-state index contributed by atoms with van der Waals surface area (Å²) < 4.78 is 15.1. The molecule has 0 fully saturated rings. The number of hydrogen-bond donors (Lipinski definition) is 4. The van der Waals surface area contributed by atoms with E-state index in [2.05, 4.69) is 21.3 Å². The molecule has 0 atom stereocenters. The molecule has 0 aliphatic heterocycles. The number of carbonyl (C=O) groups excluding carboxylic acids is 5. The van der Waals surface area contributed by atoms with Crippen molar-refractivity contribution in [3.8, 4) is 0 Å². The van der Waals surface area contributed by atoms with Crippen molar-refractivity contribution < 1.29 is 38.2 Å². The quantitative estimate of drug-likeness (QED) is 0.161. The van der Waals surface area contributed by atoms with Crippen LogP contribution in [0.1, 0.15) is 51.9 Å². The fourth-order valence-electron chi connectivity index (χ4n) is 3.07. The van der Waals surface area contributed by atoms with E-state index in [4.69, 9.17) is 14.2 Å². The summed E-state index contributed by atoms with van der Waals surface area (Å²) in [5, 5.41) is 10.0. The monoisotopic (exact) mass is 460 g/mol. The standard InChI is InChI=1S/C20H36N4O8/c1-15(25)14-16(26)24-20(8-5-11-30-17(27)21-2,9-6-12-31-18(28)22-3)10-7-13-32-19(29)23-4/h5-14H2,1-4H3,(H,21,27)(H,22,28)(H,23,29)(H,24,26). The molecule has 32 heavy (non-hydrogen) atoms. The Morgan fingerprint density at radius 2 is 1.00 bits per heavy atom. The topological polar surface area (TPSA) is 161 Å². The molecule has 0 unspecified atom stereocenters. The summed E-state index contributed by atoms with van der Waals surface area (Å²) >= 11 is 0. The zero-order valence-electron chi connectivity index (χ0n) is 19.3. The van der Waals surface area contributed by atoms with Crippen LogP contribution in [0.15, 0.2) is 0 Å². The molecule has 0 aliphatic rings. The van der Waals surface area contributed by atoms with Gasteiger partial charge < -0.3 is 35.5 Å². The van der Waals surface area contributed by atoms with Gasteiger partial charge in [0.15, 0.2) is 0 Å². The SMILES string of the molecule is CNC(=O)OCCCC(CCCOC(=O)NC)(CCCOC(=O)NC)NC(=O)CC(C)=O. The van der Waals surface area contributed by atoms with Crippen molar-refractivity contribution in [3.05, 3.63) is 0 Å². The lowest BCUT2D eigenvalue weighted by Gasteiger charge is -2.35. The average molecular weight is 461 g/mol. The van der Waals surface area contributed by atoms with Crippen LogP contribution in [0.3, 0.4) is 0 Å². The maximum Gasteiger partial charge on any atom is 0.406 e. The van der Waals surface area contributed by atoms with Gasteiger partial charge in [-0.25, -0.2) is 14.4 Å². The minimum absolute atomic E-state index is 0.132. The second-order valence-corrected chi connectivity index (χ2v) is 7.18. The van der Waals surface area contributed by atoms with E-state index >= 15 is 0 Å². The first-order chi connectivity index (χ1) is 15.2. The Hall–Kier alpha value is -3.05. The van der Waals surface area contributed by atoms with Crippen LogP contribution in [0.25, 0.3) is 0 Å². The van der Waals surface area contributed by atoms with Crippen LogP contribution in [-0.4, -0.2) is 76.5 Å². The van der Waals surface area contributed by atoms with Gasteiger partial charge in [-0.2, -0.15) is 0 Å². The molecule has 12 nitrogen and oxygen atoms in total. The lowest BCUT2D eigenvalue weighted by molar-refractivity contribution is -0.128. The van der Waals surface area contributed by atoms with Gasteiger partial charge in [-0.05, 0) is 45.4 Å². The second-order valence-electron chi connectivity index (χ2n) is 7.18. The van der Waals surface area contributed by atoms with E-state index in [0.717, 1.165) is 0 Å². The van der Waals surface area contributed by atoms with Gasteiger partial charge in [-0.1, -0.05) is 0 Å². The Bertz CT molecular complexity index is 567. The third-order valence-corrected chi connectivity index (χ3v) is 4.52. The number of alkyl carbamates (subject to hydrolysis) is 3. The zero-order valence-corrected chi connectivity index (χ0v) is 19.3. The third-order valence-electron chi connectivity index (χ3n) is 4.52. The first-order valence-corrected chi connectivity index (χ1v) is 10.5. The summed E-state index contributed by atoms with van der Waals surface area (Å²) in [6, 6.07) is 0. The molecule has 0 aromatic carbocycles. The lowest BCUT2D eigenvalue weighted by atomic mass is 9.83. The number of ketones is 1. The molecular formula is C20H36N4O8. The van der Waals surface area contributed by atoms with E-state index < -0.39 is 29.7 Å². The van der Waals surface area contributed by atoms with Crippen LogP contribution in [-0.2, 0) is 23.8 Å². The molecule has 0 aliphatic carbocycles. The first kappa shape index (κ1) is 28.9. The summed E-state index contributed by atoms with van der Waals surface area (Å²) in [6.07, 6.45) is 0.702. The summed E-state index contributed by atoms with van der Waals surface area (Å²) in [5.74, 6) is -0.700. The number of amides is 4. The van der Waals surface area contributed by atoms with Gasteiger partial charge in [0.1, 0.15) is 5.78 Å². The minimum Gasteiger partial charge on any atom is -0.450 e. The average Bonchev–Trinajstić information content (AvgIpc) is 2.75. The molecule has 0 saturated carbocycles. The van der Waals surface area contributed by atoms with Crippen LogP contribution >= 0.6 is 0 Å². The smallest absolute Gasteiger partial charge is 0.406 e. The van der Waals surface area contributed by atoms with Gasteiger partial charge >= 0.3 is 18.3 Å².